The molecular weight excluding hydrogens is 424 g/mol. The SMILES string of the molecule is CC[C@@H](C)c1ccc(OCC(=O)Nc2nc(-c3ccc(Br)cc3)cs2)cc1. The van der Waals surface area contributed by atoms with Gasteiger partial charge in [-0.25, -0.2) is 4.98 Å². The van der Waals surface area contributed by atoms with E-state index in [9.17, 15) is 4.79 Å². The summed E-state index contributed by atoms with van der Waals surface area (Å²) >= 11 is 4.81. The smallest absolute Gasteiger partial charge is 0.264 e. The number of hydrogen-bond acceptors (Lipinski definition) is 4. The molecule has 0 spiro atoms. The maximum atomic E-state index is 12.1. The van der Waals surface area contributed by atoms with Gasteiger partial charge < -0.3 is 4.74 Å². The summed E-state index contributed by atoms with van der Waals surface area (Å²) in [4.78, 5) is 16.6. The van der Waals surface area contributed by atoms with E-state index in [2.05, 4.69) is 40.1 Å². The van der Waals surface area contributed by atoms with Gasteiger partial charge in [0.2, 0.25) is 0 Å². The van der Waals surface area contributed by atoms with E-state index in [1.54, 1.807) is 0 Å². The van der Waals surface area contributed by atoms with E-state index >= 15 is 0 Å². The molecule has 0 aliphatic rings. The Morgan fingerprint density at radius 2 is 1.89 bits per heavy atom. The Labute approximate surface area is 171 Å². The number of hydrogen-bond donors (Lipinski definition) is 1. The first-order chi connectivity index (χ1) is 13.0. The molecule has 0 saturated carbocycles. The number of amides is 1. The van der Waals surface area contributed by atoms with Gasteiger partial charge in [-0.1, -0.05) is 54.0 Å². The van der Waals surface area contributed by atoms with Crippen molar-refractivity contribution in [3.63, 3.8) is 0 Å². The Morgan fingerprint density at radius 1 is 1.19 bits per heavy atom. The van der Waals surface area contributed by atoms with Gasteiger partial charge in [0, 0.05) is 15.4 Å². The molecule has 0 unspecified atom stereocenters. The Bertz CT molecular complexity index is 891. The van der Waals surface area contributed by atoms with Gasteiger partial charge in [-0.3, -0.25) is 10.1 Å². The van der Waals surface area contributed by atoms with Crippen molar-refractivity contribution in [2.75, 3.05) is 11.9 Å². The van der Waals surface area contributed by atoms with E-state index in [0.29, 0.717) is 16.8 Å². The van der Waals surface area contributed by atoms with Gasteiger partial charge in [0.15, 0.2) is 11.7 Å². The topological polar surface area (TPSA) is 51.2 Å². The van der Waals surface area contributed by atoms with Crippen LogP contribution in [0.15, 0.2) is 58.4 Å². The zero-order valence-electron chi connectivity index (χ0n) is 15.2. The molecule has 0 fully saturated rings. The van der Waals surface area contributed by atoms with E-state index in [-0.39, 0.29) is 12.5 Å². The summed E-state index contributed by atoms with van der Waals surface area (Å²) < 4.78 is 6.59. The Morgan fingerprint density at radius 3 is 2.56 bits per heavy atom. The third-order valence-corrected chi connectivity index (χ3v) is 5.61. The lowest BCUT2D eigenvalue weighted by Gasteiger charge is -2.10. The maximum Gasteiger partial charge on any atom is 0.264 e. The van der Waals surface area contributed by atoms with E-state index in [4.69, 9.17) is 4.74 Å². The van der Waals surface area contributed by atoms with Crippen molar-refractivity contribution >= 4 is 38.3 Å². The van der Waals surface area contributed by atoms with Crippen molar-refractivity contribution in [3.05, 3.63) is 63.9 Å². The maximum absolute atomic E-state index is 12.1. The number of carbonyl (C=O) groups is 1. The normalized spacial score (nSPS) is 11.8. The van der Waals surface area contributed by atoms with Gasteiger partial charge >= 0.3 is 0 Å². The van der Waals surface area contributed by atoms with Crippen LogP contribution in [0.2, 0.25) is 0 Å². The van der Waals surface area contributed by atoms with Gasteiger partial charge in [0.25, 0.3) is 5.91 Å². The summed E-state index contributed by atoms with van der Waals surface area (Å²) in [6.07, 6.45) is 1.10. The molecule has 0 aliphatic carbocycles. The minimum atomic E-state index is -0.224. The molecular formula is C21H21BrN2O2S. The highest BCUT2D eigenvalue weighted by Gasteiger charge is 2.09. The van der Waals surface area contributed by atoms with Crippen molar-refractivity contribution in [1.82, 2.24) is 4.98 Å². The number of rotatable bonds is 7. The molecule has 6 heteroatoms. The van der Waals surface area contributed by atoms with E-state index in [1.165, 1.54) is 16.9 Å². The average Bonchev–Trinajstić information content (AvgIpc) is 3.15. The molecule has 3 aromatic rings. The first-order valence-electron chi connectivity index (χ1n) is 8.79. The number of benzene rings is 2. The fourth-order valence-corrected chi connectivity index (χ4v) is 3.52. The quantitative estimate of drug-likeness (QED) is 0.478. The van der Waals surface area contributed by atoms with Crippen molar-refractivity contribution in [2.45, 2.75) is 26.2 Å². The number of thiazole rings is 1. The fourth-order valence-electron chi connectivity index (χ4n) is 2.52. The molecule has 1 aromatic heterocycles. The summed E-state index contributed by atoms with van der Waals surface area (Å²) in [6.45, 7) is 4.32. The molecule has 1 N–H and O–H groups in total. The molecule has 140 valence electrons. The van der Waals surface area contributed by atoms with Crippen LogP contribution in [0.5, 0.6) is 5.75 Å². The summed E-state index contributed by atoms with van der Waals surface area (Å²) in [5.74, 6) is 0.983. The standard InChI is InChI=1S/C21H21BrN2O2S/c1-3-14(2)15-6-10-18(11-7-15)26-12-20(25)24-21-23-19(13-27-21)16-4-8-17(22)9-5-16/h4-11,13-14H,3,12H2,1-2H3,(H,23,24,25)/t14-/m1/s1. The molecule has 0 radical (unpaired) electrons. The Kier molecular flexibility index (Phi) is 6.63. The number of ether oxygens (including phenoxy) is 1. The fraction of sp³-hybridized carbons (Fsp3) is 0.238. The number of nitrogens with zero attached hydrogens (tertiary/aromatic N) is 1. The second-order valence-electron chi connectivity index (χ2n) is 6.26. The second-order valence-corrected chi connectivity index (χ2v) is 8.03. The molecule has 1 amide bonds. The van der Waals surface area contributed by atoms with E-state index in [0.717, 1.165) is 22.2 Å². The predicted octanol–water partition coefficient (Wildman–Crippen LogP) is 6.10. The van der Waals surface area contributed by atoms with Gasteiger partial charge in [-0.15, -0.1) is 11.3 Å². The molecule has 1 heterocycles. The summed E-state index contributed by atoms with van der Waals surface area (Å²) in [7, 11) is 0. The van der Waals surface area contributed by atoms with Crippen molar-refractivity contribution in [2.24, 2.45) is 0 Å². The number of carbonyl (C=O) groups excluding carboxylic acids is 1. The molecule has 27 heavy (non-hydrogen) atoms. The van der Waals surface area contributed by atoms with Crippen molar-refractivity contribution in [3.8, 4) is 17.0 Å². The lowest BCUT2D eigenvalue weighted by molar-refractivity contribution is -0.118. The minimum Gasteiger partial charge on any atom is -0.484 e. The Hall–Kier alpha value is -2.18. The summed E-state index contributed by atoms with van der Waals surface area (Å²) in [6, 6.07) is 15.8. The van der Waals surface area contributed by atoms with Crippen LogP contribution in [0.1, 0.15) is 31.7 Å². The minimum absolute atomic E-state index is 0.0458. The van der Waals surface area contributed by atoms with E-state index < -0.39 is 0 Å². The highest BCUT2D eigenvalue weighted by molar-refractivity contribution is 9.10. The Balaban J connectivity index is 1.53. The van der Waals surface area contributed by atoms with Gasteiger partial charge in [-0.2, -0.15) is 0 Å². The lowest BCUT2D eigenvalue weighted by atomic mass is 9.99. The number of anilines is 1. The largest absolute Gasteiger partial charge is 0.484 e. The molecule has 1 atom stereocenters. The van der Waals surface area contributed by atoms with Crippen LogP contribution >= 0.6 is 27.3 Å². The van der Waals surface area contributed by atoms with Gasteiger partial charge in [-0.05, 0) is 42.2 Å². The number of aromatic nitrogens is 1. The summed E-state index contributed by atoms with van der Waals surface area (Å²) in [5.41, 5.74) is 3.12. The lowest BCUT2D eigenvalue weighted by Crippen LogP contribution is -2.20. The van der Waals surface area contributed by atoms with Crippen LogP contribution in [-0.2, 0) is 4.79 Å². The molecule has 0 bridgehead atoms. The molecule has 3 rings (SSSR count). The molecule has 0 saturated heterocycles. The highest BCUT2D eigenvalue weighted by atomic mass is 79.9. The number of nitrogens with one attached hydrogen (secondary N) is 1. The molecule has 2 aromatic carbocycles. The van der Waals surface area contributed by atoms with Crippen molar-refractivity contribution in [1.29, 1.82) is 0 Å². The predicted molar refractivity (Wildman–Crippen MR) is 115 cm³/mol. The van der Waals surface area contributed by atoms with Crippen molar-refractivity contribution < 1.29 is 9.53 Å². The van der Waals surface area contributed by atoms with Crippen LogP contribution in [0.25, 0.3) is 11.3 Å². The second kappa shape index (κ2) is 9.15. The van der Waals surface area contributed by atoms with Gasteiger partial charge in [0.1, 0.15) is 5.75 Å². The number of halogens is 1. The first kappa shape index (κ1) is 19.6. The van der Waals surface area contributed by atoms with Crippen LogP contribution in [0, 0.1) is 0 Å². The third-order valence-electron chi connectivity index (χ3n) is 4.32. The van der Waals surface area contributed by atoms with Crippen LogP contribution in [0.3, 0.4) is 0 Å². The molecule has 4 nitrogen and oxygen atoms in total. The zero-order valence-corrected chi connectivity index (χ0v) is 17.6. The molecule has 0 aliphatic heterocycles. The van der Waals surface area contributed by atoms with Crippen LogP contribution < -0.4 is 10.1 Å². The summed E-state index contributed by atoms with van der Waals surface area (Å²) in [5, 5.41) is 5.27. The zero-order chi connectivity index (χ0) is 19.2. The van der Waals surface area contributed by atoms with Crippen LogP contribution in [0.4, 0.5) is 5.13 Å². The van der Waals surface area contributed by atoms with E-state index in [1.807, 2.05) is 53.9 Å². The highest BCUT2D eigenvalue weighted by Crippen LogP contribution is 2.26. The first-order valence-corrected chi connectivity index (χ1v) is 10.5. The third kappa shape index (κ3) is 5.40. The monoisotopic (exact) mass is 444 g/mol. The average molecular weight is 445 g/mol. The van der Waals surface area contributed by atoms with Gasteiger partial charge in [0.05, 0.1) is 5.69 Å². The van der Waals surface area contributed by atoms with Crippen LogP contribution in [-0.4, -0.2) is 17.5 Å².